The maximum absolute atomic E-state index is 16.5. The number of halogens is 12. The molecule has 1 aliphatic rings. The number of H-pyrrole nitrogens is 3. The van der Waals surface area contributed by atoms with Crippen LogP contribution in [0.1, 0.15) is 30.7 Å². The number of aliphatic carboxylic acids is 3. The first-order valence-electron chi connectivity index (χ1n) is 20.2. The first kappa shape index (κ1) is 50.4. The number of hydrogen-bond donors (Lipinski definition) is 6. The molecule has 6 N–H and O–H groups in total. The van der Waals surface area contributed by atoms with Gasteiger partial charge in [-0.05, 0) is 48.6 Å². The lowest BCUT2D eigenvalue weighted by Gasteiger charge is -2.13. The van der Waals surface area contributed by atoms with Gasteiger partial charge in [0.2, 0.25) is 0 Å². The Morgan fingerprint density at radius 3 is 0.930 bits per heavy atom. The summed E-state index contributed by atoms with van der Waals surface area (Å²) < 4.78 is 194. The van der Waals surface area contributed by atoms with Gasteiger partial charge in [-0.25, -0.2) is 57.7 Å². The molecule has 0 spiro atoms. The molecule has 3 aromatic carbocycles. The molecule has 0 radical (unpaired) electrons. The van der Waals surface area contributed by atoms with Gasteiger partial charge in [-0.15, -0.1) is 35.3 Å². The third-order valence-corrected chi connectivity index (χ3v) is 13.8. The van der Waals surface area contributed by atoms with E-state index in [9.17, 15) is 14.4 Å². The number of benzene rings is 3. The molecule has 10 nitrogen and oxygen atoms in total. The fraction of sp³-hybridized carbons (Fsp3) is 0.130. The summed E-state index contributed by atoms with van der Waals surface area (Å²) in [6.45, 7) is 0. The van der Waals surface area contributed by atoms with E-state index in [0.29, 0.717) is 0 Å². The van der Waals surface area contributed by atoms with Crippen LogP contribution in [-0.4, -0.2) is 70.4 Å². The lowest BCUT2D eigenvalue weighted by Crippen LogP contribution is -2.05. The molecule has 0 amide bonds. The number of thioether (sulfide) groups is 3. The average molecular weight is 1050 g/mol. The second kappa shape index (κ2) is 20.0. The summed E-state index contributed by atoms with van der Waals surface area (Å²) in [5.41, 5.74) is -10.1. The Bertz CT molecular complexity index is 3490. The predicted octanol–water partition coefficient (Wildman–Crippen LogP) is 13.1. The monoisotopic (exact) mass is 1050 g/mol. The van der Waals surface area contributed by atoms with E-state index in [0.717, 1.165) is 36.4 Å². The Morgan fingerprint density at radius 2 is 0.620 bits per heavy atom. The van der Waals surface area contributed by atoms with Crippen LogP contribution < -0.4 is 0 Å². The Balaban J connectivity index is 1.52. The van der Waals surface area contributed by atoms with Gasteiger partial charge in [-0.1, -0.05) is 0 Å². The Hall–Kier alpha value is -6.99. The largest absolute Gasteiger partial charge is 0.481 e. The van der Waals surface area contributed by atoms with Crippen LogP contribution in [0.25, 0.3) is 78.6 Å². The molecule has 368 valence electrons. The van der Waals surface area contributed by atoms with Gasteiger partial charge < -0.3 is 30.3 Å². The molecule has 8 bridgehead atoms. The molecular formula is C46H26F12N4O6S3. The highest BCUT2D eigenvalue weighted by Crippen LogP contribution is 2.45. The number of carbonyl (C=O) groups is 3. The number of aromatic nitrogens is 4. The van der Waals surface area contributed by atoms with E-state index >= 15 is 52.7 Å². The van der Waals surface area contributed by atoms with Gasteiger partial charge in [0.15, 0.2) is 69.8 Å². The second-order valence-electron chi connectivity index (χ2n) is 15.1. The number of nitrogens with zero attached hydrogens (tertiary/aromatic N) is 1. The minimum absolute atomic E-state index is 0.0772. The summed E-state index contributed by atoms with van der Waals surface area (Å²) in [5, 5.41) is 27.0. The van der Waals surface area contributed by atoms with Crippen LogP contribution in [0, 0.1) is 69.8 Å². The second-order valence-corrected chi connectivity index (χ2v) is 18.4. The summed E-state index contributed by atoms with van der Waals surface area (Å²) in [6, 6.07) is 6.17. The molecule has 0 saturated carbocycles. The van der Waals surface area contributed by atoms with Crippen LogP contribution >= 0.6 is 35.3 Å². The molecule has 8 rings (SSSR count). The smallest absolute Gasteiger partial charge is 0.304 e. The van der Waals surface area contributed by atoms with Crippen LogP contribution in [0.4, 0.5) is 52.7 Å². The molecule has 4 aromatic heterocycles. The maximum atomic E-state index is 16.5. The van der Waals surface area contributed by atoms with Gasteiger partial charge in [0.1, 0.15) is 0 Å². The van der Waals surface area contributed by atoms with Crippen molar-refractivity contribution in [2.45, 2.75) is 33.9 Å². The molecule has 0 fully saturated rings. The van der Waals surface area contributed by atoms with Crippen LogP contribution in [0.3, 0.4) is 0 Å². The average Bonchev–Trinajstić information content (AvgIpc) is 4.18. The molecule has 71 heavy (non-hydrogen) atoms. The van der Waals surface area contributed by atoms with Crippen molar-refractivity contribution in [1.82, 2.24) is 19.9 Å². The topological polar surface area (TPSA) is 172 Å². The van der Waals surface area contributed by atoms with Crippen LogP contribution in [-0.2, 0) is 14.4 Å². The zero-order chi connectivity index (χ0) is 51.3. The summed E-state index contributed by atoms with van der Waals surface area (Å²) in [5.74, 6) is -30.0. The molecule has 1 aliphatic heterocycles. The van der Waals surface area contributed by atoms with E-state index in [1.54, 1.807) is 0 Å². The van der Waals surface area contributed by atoms with E-state index in [2.05, 4.69) is 19.9 Å². The summed E-state index contributed by atoms with van der Waals surface area (Å²) in [7, 11) is 0. The van der Waals surface area contributed by atoms with Crippen molar-refractivity contribution in [2.75, 3.05) is 17.3 Å². The molecule has 25 heteroatoms. The van der Waals surface area contributed by atoms with Crippen molar-refractivity contribution >= 4 is 98.4 Å². The van der Waals surface area contributed by atoms with Crippen molar-refractivity contribution in [2.24, 2.45) is 0 Å². The van der Waals surface area contributed by atoms with E-state index in [1.165, 1.54) is 12.1 Å². The highest BCUT2D eigenvalue weighted by atomic mass is 32.2. The van der Waals surface area contributed by atoms with E-state index in [-0.39, 0.29) is 52.0 Å². The quantitative estimate of drug-likeness (QED) is 0.0330. The molecule has 5 heterocycles. The number of rotatable bonds is 15. The first-order chi connectivity index (χ1) is 33.7. The molecule has 7 aromatic rings. The third-order valence-electron chi connectivity index (χ3n) is 10.7. The van der Waals surface area contributed by atoms with Gasteiger partial charge in [-0.2, -0.15) is 0 Å². The van der Waals surface area contributed by atoms with E-state index in [4.69, 9.17) is 15.3 Å². The van der Waals surface area contributed by atoms with E-state index < -0.39 is 200 Å². The van der Waals surface area contributed by atoms with Crippen molar-refractivity contribution in [3.63, 3.8) is 0 Å². The van der Waals surface area contributed by atoms with Crippen LogP contribution in [0.15, 0.2) is 51.1 Å². The number of carboxylic acids is 3. The van der Waals surface area contributed by atoms with Gasteiger partial charge >= 0.3 is 17.9 Å². The van der Waals surface area contributed by atoms with Crippen LogP contribution in [0.5, 0.6) is 0 Å². The molecular weight excluding hydrogens is 1030 g/mol. The Morgan fingerprint density at radius 1 is 0.366 bits per heavy atom. The fourth-order valence-electron chi connectivity index (χ4n) is 7.54. The summed E-state index contributed by atoms with van der Waals surface area (Å²) in [4.78, 5) is 41.8. The first-order valence-corrected chi connectivity index (χ1v) is 23.1. The standard InChI is InChI=1S/C46H26F12N4O6S3/c47-32-29(33(48)39(54)44(38(32)53)69-12-9-23(63)64)26-17-3-1-15(59-17)16-2-4-18(60-16)27(30-34(49)40(55)45(41(56)35(30)50)70-13-10-24(65)66)20-6-8-22(62-20)28(21-7-5-19(26)61-21)31-36(51)42(57)46(43(58)37(31)52)71-14-11-25(67)68/h1-8,59,61-62H,9-14H2,(H,63,64)(H,65,66)(H,67,68). The van der Waals surface area contributed by atoms with Gasteiger partial charge in [0.25, 0.3) is 0 Å². The lowest BCUT2D eigenvalue weighted by atomic mass is 10.0. The molecule has 0 atom stereocenters. The molecule has 0 saturated heterocycles. The highest BCUT2D eigenvalue weighted by Gasteiger charge is 2.33. The van der Waals surface area contributed by atoms with Gasteiger partial charge in [0.05, 0.1) is 67.5 Å². The third kappa shape index (κ3) is 9.28. The Kier molecular flexibility index (Phi) is 14.2. The SMILES string of the molecule is O=C(O)CCSc1c(F)c(F)c(-c2c3nc(c4ccc([nH]4)c(-c4c(F)c(F)c(SCCC(=O)O)c(F)c4F)c4ccc([nH]4)c(-c4c(F)c(F)c(SCCC(=O)O)c(F)c4F)c4ccc2[nH]4)C=C3)c(F)c1F. The van der Waals surface area contributed by atoms with Crippen LogP contribution in [0.2, 0.25) is 0 Å². The lowest BCUT2D eigenvalue weighted by molar-refractivity contribution is -0.137. The van der Waals surface area contributed by atoms with Crippen molar-refractivity contribution < 1.29 is 82.4 Å². The van der Waals surface area contributed by atoms with Crippen molar-refractivity contribution in [3.05, 3.63) is 118 Å². The molecule has 0 unspecified atom stereocenters. The number of hydrogen-bond acceptors (Lipinski definition) is 7. The molecule has 0 aliphatic carbocycles. The predicted molar refractivity (Wildman–Crippen MR) is 240 cm³/mol. The van der Waals surface area contributed by atoms with Gasteiger partial charge in [-0.3, -0.25) is 14.4 Å². The van der Waals surface area contributed by atoms with Crippen molar-refractivity contribution in [1.29, 1.82) is 0 Å². The number of aromatic amines is 3. The summed E-state index contributed by atoms with van der Waals surface area (Å²) in [6.07, 6.45) is 0.243. The normalized spacial score (nSPS) is 11.9. The number of fused-ring (bicyclic) bond motifs is 9. The maximum Gasteiger partial charge on any atom is 0.304 e. The van der Waals surface area contributed by atoms with E-state index in [1.807, 2.05) is 0 Å². The minimum Gasteiger partial charge on any atom is -0.481 e. The zero-order valence-electron chi connectivity index (χ0n) is 35.1. The summed E-state index contributed by atoms with van der Waals surface area (Å²) >= 11 is 0.403. The fourth-order valence-corrected chi connectivity index (χ4v) is 10.3. The highest BCUT2D eigenvalue weighted by molar-refractivity contribution is 7.99. The number of nitrogens with one attached hydrogen (secondary N) is 3. The number of carboxylic acid groups (broad SMARTS) is 3. The zero-order valence-corrected chi connectivity index (χ0v) is 37.6. The Labute approximate surface area is 401 Å². The minimum atomic E-state index is -2.11. The van der Waals surface area contributed by atoms with Crippen molar-refractivity contribution in [3.8, 4) is 33.4 Å². The van der Waals surface area contributed by atoms with Gasteiger partial charge in [0, 0.05) is 61.5 Å².